The highest BCUT2D eigenvalue weighted by Gasteiger charge is 2.20. The van der Waals surface area contributed by atoms with Crippen LogP contribution >= 0.6 is 11.8 Å². The molecule has 19 heavy (non-hydrogen) atoms. The summed E-state index contributed by atoms with van der Waals surface area (Å²) in [4.78, 5) is 12.4. The second-order valence-electron chi connectivity index (χ2n) is 4.53. The minimum atomic E-state index is -0.250. The van der Waals surface area contributed by atoms with E-state index in [0.29, 0.717) is 11.1 Å². The number of aromatic nitrogens is 2. The lowest BCUT2D eigenvalue weighted by molar-refractivity contribution is 0.0993. The second kappa shape index (κ2) is 5.57. The lowest BCUT2D eigenvalue weighted by atomic mass is 10.0. The third-order valence-electron chi connectivity index (χ3n) is 2.81. The first-order valence-corrected chi connectivity index (χ1v) is 6.93. The van der Waals surface area contributed by atoms with E-state index in [2.05, 4.69) is 10.2 Å². The number of carbonyl (C=O) groups is 1. The highest BCUT2D eigenvalue weighted by Crippen LogP contribution is 2.25. The summed E-state index contributed by atoms with van der Waals surface area (Å²) in [7, 11) is 0. The molecule has 1 unspecified atom stereocenters. The Labute approximate surface area is 116 Å². The van der Waals surface area contributed by atoms with Crippen LogP contribution in [0.5, 0.6) is 0 Å². The number of aryl methyl sites for hydroxylation is 3. The quantitative estimate of drug-likeness (QED) is 0.633. The molecule has 0 aliphatic carbocycles. The van der Waals surface area contributed by atoms with Gasteiger partial charge in [-0.25, -0.2) is 0 Å². The van der Waals surface area contributed by atoms with E-state index in [1.165, 1.54) is 11.8 Å². The lowest BCUT2D eigenvalue weighted by Crippen LogP contribution is -2.15. The predicted octanol–water partition coefficient (Wildman–Crippen LogP) is 3.36. The first kappa shape index (κ1) is 13.8. The van der Waals surface area contributed by atoms with Crippen LogP contribution in [0.15, 0.2) is 27.8 Å². The van der Waals surface area contributed by atoms with E-state index >= 15 is 0 Å². The van der Waals surface area contributed by atoms with Crippen molar-refractivity contribution in [2.75, 3.05) is 0 Å². The van der Waals surface area contributed by atoms with Crippen molar-refractivity contribution >= 4 is 17.5 Å². The molecule has 0 bridgehead atoms. The van der Waals surface area contributed by atoms with Gasteiger partial charge in [0, 0.05) is 12.5 Å². The maximum atomic E-state index is 12.4. The number of nitrogens with zero attached hydrogens (tertiary/aromatic N) is 2. The molecule has 0 spiro atoms. The molecule has 0 amide bonds. The Morgan fingerprint density at radius 3 is 2.63 bits per heavy atom. The Balaban J connectivity index is 2.16. The average molecular weight is 276 g/mol. The molecule has 0 saturated heterocycles. The molecule has 0 aliphatic rings. The lowest BCUT2D eigenvalue weighted by Gasteiger charge is -2.10. The van der Waals surface area contributed by atoms with Gasteiger partial charge in [0.15, 0.2) is 5.78 Å². The van der Waals surface area contributed by atoms with Crippen LogP contribution in [-0.2, 0) is 0 Å². The molecule has 1 aromatic heterocycles. The molecule has 0 radical (unpaired) electrons. The molecule has 4 nitrogen and oxygen atoms in total. The summed E-state index contributed by atoms with van der Waals surface area (Å²) in [5, 5.41) is 7.83. The molecular formula is C14H16N2O2S. The molecular weight excluding hydrogens is 260 g/mol. The van der Waals surface area contributed by atoms with E-state index in [4.69, 9.17) is 4.42 Å². The minimum absolute atomic E-state index is 0.0852. The summed E-state index contributed by atoms with van der Waals surface area (Å²) in [6.45, 7) is 7.51. The van der Waals surface area contributed by atoms with Crippen molar-refractivity contribution in [1.29, 1.82) is 0 Å². The molecule has 0 saturated carbocycles. The molecule has 100 valence electrons. The van der Waals surface area contributed by atoms with Crippen LogP contribution in [-0.4, -0.2) is 21.2 Å². The highest BCUT2D eigenvalue weighted by atomic mass is 32.2. The number of hydrogen-bond acceptors (Lipinski definition) is 5. The van der Waals surface area contributed by atoms with Gasteiger partial charge in [-0.05, 0) is 32.4 Å². The fraction of sp³-hybridized carbons (Fsp3) is 0.357. The van der Waals surface area contributed by atoms with Crippen LogP contribution in [0.3, 0.4) is 0 Å². The van der Waals surface area contributed by atoms with Crippen LogP contribution < -0.4 is 0 Å². The number of rotatable bonds is 4. The maximum Gasteiger partial charge on any atom is 0.277 e. The van der Waals surface area contributed by atoms with E-state index in [1.807, 2.05) is 39.0 Å². The Hall–Kier alpha value is -1.62. The molecule has 1 heterocycles. The smallest absolute Gasteiger partial charge is 0.277 e. The van der Waals surface area contributed by atoms with Gasteiger partial charge in [-0.2, -0.15) is 0 Å². The van der Waals surface area contributed by atoms with Gasteiger partial charge < -0.3 is 4.42 Å². The largest absolute Gasteiger partial charge is 0.416 e. The first-order valence-electron chi connectivity index (χ1n) is 6.05. The summed E-state index contributed by atoms with van der Waals surface area (Å²) in [6, 6.07) is 5.90. The molecule has 2 rings (SSSR count). The number of hydrogen-bond donors (Lipinski definition) is 0. The third-order valence-corrected chi connectivity index (χ3v) is 3.75. The van der Waals surface area contributed by atoms with Gasteiger partial charge >= 0.3 is 0 Å². The van der Waals surface area contributed by atoms with E-state index in [0.717, 1.165) is 16.7 Å². The van der Waals surface area contributed by atoms with Crippen LogP contribution in [0.4, 0.5) is 0 Å². The normalized spacial score (nSPS) is 12.4. The Morgan fingerprint density at radius 2 is 2.00 bits per heavy atom. The van der Waals surface area contributed by atoms with Gasteiger partial charge in [-0.3, -0.25) is 4.79 Å². The van der Waals surface area contributed by atoms with Gasteiger partial charge in [0.25, 0.3) is 5.22 Å². The van der Waals surface area contributed by atoms with Crippen molar-refractivity contribution in [3.63, 3.8) is 0 Å². The van der Waals surface area contributed by atoms with Crippen molar-refractivity contribution in [3.8, 4) is 0 Å². The van der Waals surface area contributed by atoms with E-state index in [-0.39, 0.29) is 11.0 Å². The molecule has 2 aromatic rings. The fourth-order valence-corrected chi connectivity index (χ4v) is 2.54. The van der Waals surface area contributed by atoms with Crippen LogP contribution in [0, 0.1) is 20.8 Å². The van der Waals surface area contributed by atoms with Crippen molar-refractivity contribution < 1.29 is 9.21 Å². The van der Waals surface area contributed by atoms with Crippen LogP contribution in [0.2, 0.25) is 0 Å². The zero-order valence-electron chi connectivity index (χ0n) is 11.4. The number of ketones is 1. The first-order chi connectivity index (χ1) is 8.97. The summed E-state index contributed by atoms with van der Waals surface area (Å²) >= 11 is 1.29. The van der Waals surface area contributed by atoms with E-state index < -0.39 is 0 Å². The molecule has 0 N–H and O–H groups in total. The molecule has 5 heteroatoms. The molecule has 0 fully saturated rings. The zero-order valence-corrected chi connectivity index (χ0v) is 12.2. The summed E-state index contributed by atoms with van der Waals surface area (Å²) < 4.78 is 5.28. The molecule has 0 aliphatic heterocycles. The minimum Gasteiger partial charge on any atom is -0.416 e. The van der Waals surface area contributed by atoms with Gasteiger partial charge in [0.1, 0.15) is 0 Å². The third kappa shape index (κ3) is 3.23. The van der Waals surface area contributed by atoms with Gasteiger partial charge in [0.2, 0.25) is 5.89 Å². The van der Waals surface area contributed by atoms with E-state index in [9.17, 15) is 4.79 Å². The predicted molar refractivity (Wildman–Crippen MR) is 74.6 cm³/mol. The Bertz CT molecular complexity index is 607. The van der Waals surface area contributed by atoms with Crippen LogP contribution in [0.1, 0.15) is 34.3 Å². The number of thioether (sulfide) groups is 1. The van der Waals surface area contributed by atoms with Gasteiger partial charge in [-0.15, -0.1) is 10.2 Å². The standard InChI is InChI=1S/C14H16N2O2S/c1-8-5-6-9(2)12(7-8)13(17)10(3)19-14-16-15-11(4)18-14/h5-7,10H,1-4H3. The molecule has 1 aromatic carbocycles. The summed E-state index contributed by atoms with van der Waals surface area (Å²) in [5.41, 5.74) is 2.83. The van der Waals surface area contributed by atoms with Crippen molar-refractivity contribution in [3.05, 3.63) is 40.8 Å². The average Bonchev–Trinajstić information content (AvgIpc) is 2.77. The highest BCUT2D eigenvalue weighted by molar-refractivity contribution is 8.00. The fourth-order valence-electron chi connectivity index (χ4n) is 1.75. The summed E-state index contributed by atoms with van der Waals surface area (Å²) in [5.74, 6) is 0.593. The number of Topliss-reactive ketones (excluding diaryl/α,β-unsaturated/α-hetero) is 1. The van der Waals surface area contributed by atoms with Gasteiger partial charge in [0.05, 0.1) is 5.25 Å². The second-order valence-corrected chi connectivity index (χ2v) is 5.82. The van der Waals surface area contributed by atoms with Crippen molar-refractivity contribution in [2.45, 2.75) is 38.2 Å². The SMILES string of the molecule is Cc1ccc(C)c(C(=O)C(C)Sc2nnc(C)o2)c1. The maximum absolute atomic E-state index is 12.4. The zero-order chi connectivity index (χ0) is 14.0. The number of carbonyl (C=O) groups excluding carboxylic acids is 1. The Kier molecular flexibility index (Phi) is 4.04. The van der Waals surface area contributed by atoms with Gasteiger partial charge in [-0.1, -0.05) is 29.5 Å². The van der Waals surface area contributed by atoms with E-state index in [1.54, 1.807) is 6.92 Å². The van der Waals surface area contributed by atoms with Crippen LogP contribution in [0.25, 0.3) is 0 Å². The monoisotopic (exact) mass is 276 g/mol. The van der Waals surface area contributed by atoms with Crippen molar-refractivity contribution in [1.82, 2.24) is 10.2 Å². The molecule has 1 atom stereocenters. The topological polar surface area (TPSA) is 56.0 Å². The Morgan fingerprint density at radius 1 is 1.26 bits per heavy atom. The summed E-state index contributed by atoms with van der Waals surface area (Å²) in [6.07, 6.45) is 0. The number of benzene rings is 1. The van der Waals surface area contributed by atoms with Crippen molar-refractivity contribution in [2.24, 2.45) is 0 Å².